The summed E-state index contributed by atoms with van der Waals surface area (Å²) in [6.45, 7) is 6.86. The fraction of sp³-hybridized carbons (Fsp3) is 0.412. The van der Waals surface area contributed by atoms with Gasteiger partial charge in [0.05, 0.1) is 24.9 Å². The summed E-state index contributed by atoms with van der Waals surface area (Å²) >= 11 is 7.60. The maximum atomic E-state index is 6.11. The third-order valence-electron chi connectivity index (χ3n) is 3.90. The van der Waals surface area contributed by atoms with Crippen LogP contribution in [-0.2, 0) is 11.3 Å². The van der Waals surface area contributed by atoms with Gasteiger partial charge in [-0.2, -0.15) is 0 Å². The second-order valence-corrected chi connectivity index (χ2v) is 7.55. The number of benzene rings is 1. The fourth-order valence-electron chi connectivity index (χ4n) is 2.67. The zero-order chi connectivity index (χ0) is 17.1. The number of thiazole rings is 1. The topological polar surface area (TPSA) is 63.7 Å². The van der Waals surface area contributed by atoms with Crippen molar-refractivity contribution in [3.8, 4) is 11.3 Å². The molecule has 1 fully saturated rings. The molecule has 2 N–H and O–H groups in total. The quantitative estimate of drug-likeness (QED) is 0.401. The fourth-order valence-corrected chi connectivity index (χ4v) is 3.68. The summed E-state index contributed by atoms with van der Waals surface area (Å²) in [5, 5.41) is 1.69. The SMILES string of the molecule is Cc1sc(CN=C(N)N2CCOC(C)C2)nc1-c1ccc(Cl)cc1.I. The van der Waals surface area contributed by atoms with Crippen LogP contribution in [0.2, 0.25) is 5.02 Å². The standard InChI is InChI=1S/C17H21ClN4OS.HI/c1-11-10-22(7-8-23-11)17(19)20-9-15-21-16(12(2)24-15)13-3-5-14(18)6-4-13;/h3-6,11H,7-10H2,1-2H3,(H2,19,20);1H. The molecule has 0 saturated carbocycles. The molecule has 136 valence electrons. The lowest BCUT2D eigenvalue weighted by atomic mass is 10.1. The van der Waals surface area contributed by atoms with E-state index < -0.39 is 0 Å². The van der Waals surface area contributed by atoms with Crippen molar-refractivity contribution in [1.82, 2.24) is 9.88 Å². The highest BCUT2D eigenvalue weighted by Gasteiger charge is 2.18. The van der Waals surface area contributed by atoms with E-state index in [-0.39, 0.29) is 30.1 Å². The van der Waals surface area contributed by atoms with Crippen molar-refractivity contribution in [1.29, 1.82) is 0 Å². The second-order valence-electron chi connectivity index (χ2n) is 5.82. The first kappa shape index (κ1) is 20.4. The number of rotatable bonds is 3. The summed E-state index contributed by atoms with van der Waals surface area (Å²) in [6, 6.07) is 7.73. The highest BCUT2D eigenvalue weighted by atomic mass is 127. The Bertz CT molecular complexity index is 735. The van der Waals surface area contributed by atoms with Gasteiger partial charge in [-0.1, -0.05) is 23.7 Å². The molecular formula is C17H22ClIN4OS. The highest BCUT2D eigenvalue weighted by Crippen LogP contribution is 2.28. The molecule has 3 rings (SSSR count). The number of aromatic nitrogens is 1. The number of halogens is 2. The molecule has 1 aromatic heterocycles. The number of hydrogen-bond acceptors (Lipinski definition) is 4. The van der Waals surface area contributed by atoms with Gasteiger partial charge in [0.2, 0.25) is 0 Å². The van der Waals surface area contributed by atoms with Gasteiger partial charge in [-0.15, -0.1) is 35.3 Å². The molecule has 1 unspecified atom stereocenters. The molecule has 1 aliphatic rings. The Morgan fingerprint density at radius 1 is 1.44 bits per heavy atom. The molecule has 0 amide bonds. The van der Waals surface area contributed by atoms with Crippen molar-refractivity contribution >= 4 is 52.9 Å². The van der Waals surface area contributed by atoms with Crippen LogP contribution in [0, 0.1) is 6.92 Å². The van der Waals surface area contributed by atoms with Crippen molar-refractivity contribution in [2.45, 2.75) is 26.5 Å². The van der Waals surface area contributed by atoms with Gasteiger partial charge < -0.3 is 15.4 Å². The van der Waals surface area contributed by atoms with Gasteiger partial charge in [-0.05, 0) is 26.0 Å². The minimum absolute atomic E-state index is 0. The molecule has 25 heavy (non-hydrogen) atoms. The molecule has 1 saturated heterocycles. The van der Waals surface area contributed by atoms with Crippen LogP contribution in [0.4, 0.5) is 0 Å². The van der Waals surface area contributed by atoms with Gasteiger partial charge >= 0.3 is 0 Å². The van der Waals surface area contributed by atoms with Crippen molar-refractivity contribution in [3.63, 3.8) is 0 Å². The average molecular weight is 493 g/mol. The Hall–Kier alpha value is -0.900. The first-order chi connectivity index (χ1) is 11.5. The molecule has 2 aromatic rings. The van der Waals surface area contributed by atoms with E-state index in [2.05, 4.69) is 16.8 Å². The normalized spacial score (nSPS) is 18.1. The number of hydrogen-bond donors (Lipinski definition) is 1. The van der Waals surface area contributed by atoms with Crippen molar-refractivity contribution < 1.29 is 4.74 Å². The predicted molar refractivity (Wildman–Crippen MR) is 115 cm³/mol. The molecule has 0 bridgehead atoms. The molecule has 1 aromatic carbocycles. The Kier molecular flexibility index (Phi) is 7.48. The van der Waals surface area contributed by atoms with Crippen LogP contribution in [0.25, 0.3) is 11.3 Å². The Labute approximate surface area is 174 Å². The van der Waals surface area contributed by atoms with Crippen LogP contribution in [0.5, 0.6) is 0 Å². The maximum Gasteiger partial charge on any atom is 0.191 e. The van der Waals surface area contributed by atoms with Crippen LogP contribution in [0.15, 0.2) is 29.3 Å². The summed E-state index contributed by atoms with van der Waals surface area (Å²) in [5.74, 6) is 0.561. The first-order valence-corrected chi connectivity index (χ1v) is 9.11. The minimum Gasteiger partial charge on any atom is -0.375 e. The van der Waals surface area contributed by atoms with E-state index in [9.17, 15) is 0 Å². The molecule has 0 aliphatic carbocycles. The lowest BCUT2D eigenvalue weighted by molar-refractivity contribution is 0.00529. The summed E-state index contributed by atoms with van der Waals surface area (Å²) in [6.07, 6.45) is 0.186. The average Bonchev–Trinajstić information content (AvgIpc) is 2.94. The summed E-state index contributed by atoms with van der Waals surface area (Å²) in [5.41, 5.74) is 8.17. The van der Waals surface area contributed by atoms with Crippen LogP contribution in [-0.4, -0.2) is 41.6 Å². The molecule has 1 aliphatic heterocycles. The van der Waals surface area contributed by atoms with E-state index in [4.69, 9.17) is 27.1 Å². The van der Waals surface area contributed by atoms with Gasteiger partial charge in [0, 0.05) is 28.6 Å². The number of nitrogens with two attached hydrogens (primary N) is 1. The monoisotopic (exact) mass is 492 g/mol. The van der Waals surface area contributed by atoms with Gasteiger partial charge in [0.1, 0.15) is 5.01 Å². The zero-order valence-corrected chi connectivity index (χ0v) is 18.1. The molecule has 8 heteroatoms. The minimum atomic E-state index is 0. The van der Waals surface area contributed by atoms with Gasteiger partial charge in [-0.25, -0.2) is 9.98 Å². The lowest BCUT2D eigenvalue weighted by Gasteiger charge is -2.31. The van der Waals surface area contributed by atoms with Crippen LogP contribution >= 0.6 is 46.9 Å². The largest absolute Gasteiger partial charge is 0.375 e. The van der Waals surface area contributed by atoms with Crippen molar-refractivity contribution in [3.05, 3.63) is 39.2 Å². The molecule has 2 heterocycles. The molecular weight excluding hydrogens is 471 g/mol. The highest BCUT2D eigenvalue weighted by molar-refractivity contribution is 14.0. The van der Waals surface area contributed by atoms with Crippen LogP contribution in [0.3, 0.4) is 0 Å². The Balaban J connectivity index is 0.00000225. The molecule has 1 atom stereocenters. The number of guanidine groups is 1. The lowest BCUT2D eigenvalue weighted by Crippen LogP contribution is -2.47. The van der Waals surface area contributed by atoms with Crippen molar-refractivity contribution in [2.75, 3.05) is 19.7 Å². The van der Waals surface area contributed by atoms with E-state index in [1.165, 1.54) is 4.88 Å². The summed E-state index contributed by atoms with van der Waals surface area (Å²) in [7, 11) is 0. The van der Waals surface area contributed by atoms with Crippen LogP contribution < -0.4 is 5.73 Å². The Morgan fingerprint density at radius 3 is 2.84 bits per heavy atom. The van der Waals surface area contributed by atoms with E-state index >= 15 is 0 Å². The van der Waals surface area contributed by atoms with Crippen molar-refractivity contribution in [2.24, 2.45) is 10.7 Å². The maximum absolute atomic E-state index is 6.11. The van der Waals surface area contributed by atoms with Gasteiger partial charge in [-0.3, -0.25) is 0 Å². The zero-order valence-electron chi connectivity index (χ0n) is 14.2. The predicted octanol–water partition coefficient (Wildman–Crippen LogP) is 3.93. The summed E-state index contributed by atoms with van der Waals surface area (Å²) < 4.78 is 5.53. The van der Waals surface area contributed by atoms with Crippen LogP contribution in [0.1, 0.15) is 16.8 Å². The van der Waals surface area contributed by atoms with E-state index in [0.29, 0.717) is 19.1 Å². The number of aliphatic imine (C=N–C) groups is 1. The first-order valence-electron chi connectivity index (χ1n) is 7.91. The third kappa shape index (κ3) is 5.29. The Morgan fingerprint density at radius 2 is 2.16 bits per heavy atom. The summed E-state index contributed by atoms with van der Waals surface area (Å²) in [4.78, 5) is 12.4. The smallest absolute Gasteiger partial charge is 0.191 e. The number of ether oxygens (including phenoxy) is 1. The van der Waals surface area contributed by atoms with E-state index in [1.54, 1.807) is 11.3 Å². The molecule has 0 spiro atoms. The number of morpholine rings is 1. The second kappa shape index (κ2) is 9.16. The van der Waals surface area contributed by atoms with Gasteiger partial charge in [0.25, 0.3) is 0 Å². The molecule has 0 radical (unpaired) electrons. The molecule has 5 nitrogen and oxygen atoms in total. The van der Waals surface area contributed by atoms with Gasteiger partial charge in [0.15, 0.2) is 5.96 Å². The number of nitrogens with zero attached hydrogens (tertiary/aromatic N) is 3. The third-order valence-corrected chi connectivity index (χ3v) is 5.11. The van der Waals surface area contributed by atoms with E-state index in [1.807, 2.05) is 31.2 Å². The van der Waals surface area contributed by atoms with E-state index in [0.717, 1.165) is 34.4 Å². The number of aryl methyl sites for hydroxylation is 1.